The smallest absolute Gasteiger partial charge is 0.229 e. The number of nitrogens with two attached hydrogens (primary N) is 2. The summed E-state index contributed by atoms with van der Waals surface area (Å²) in [5.41, 5.74) is 20.0. The first-order chi connectivity index (χ1) is 23.2. The Morgan fingerprint density at radius 3 is 1.27 bits per heavy atom. The van der Waals surface area contributed by atoms with Gasteiger partial charge in [0.05, 0.1) is 45.7 Å². The summed E-state index contributed by atoms with van der Waals surface area (Å²) < 4.78 is 15.8. The maximum Gasteiger partial charge on any atom is 0.229 e. The minimum atomic E-state index is -0.518. The Bertz CT molecular complexity index is 2020. The highest BCUT2D eigenvalue weighted by Gasteiger charge is 2.40. The van der Waals surface area contributed by atoms with Crippen LogP contribution in [0.5, 0.6) is 11.8 Å². The second kappa shape index (κ2) is 11.8. The molecule has 48 heavy (non-hydrogen) atoms. The molecular formula is C38H34N8O2. The van der Waals surface area contributed by atoms with E-state index in [9.17, 15) is 10.5 Å². The maximum atomic E-state index is 10.3. The molecule has 0 saturated carbocycles. The molecule has 0 aliphatic carbocycles. The Morgan fingerprint density at radius 1 is 0.604 bits per heavy atom. The first-order valence-electron chi connectivity index (χ1n) is 15.8. The number of hydrogen-bond acceptors (Lipinski definition) is 8. The van der Waals surface area contributed by atoms with E-state index in [1.54, 1.807) is 9.36 Å². The molecule has 2 aromatic heterocycles. The molecule has 0 saturated heterocycles. The van der Waals surface area contributed by atoms with Gasteiger partial charge in [-0.15, -0.1) is 0 Å². The lowest BCUT2D eigenvalue weighted by molar-refractivity contribution is 0.366. The SMILES string of the molecule is CC(C)c1nn(-c2ccccc2)c2c1C(c1ccc(C3C(C#N)=C(N)Oc4c3c(C(C)C)nn4-c3ccccc3)cc1)C(C#N)=C(N)O2. The first-order valence-corrected chi connectivity index (χ1v) is 15.8. The van der Waals surface area contributed by atoms with Crippen molar-refractivity contribution in [2.24, 2.45) is 11.5 Å². The summed E-state index contributed by atoms with van der Waals surface area (Å²) in [6.07, 6.45) is 0. The second-order valence-electron chi connectivity index (χ2n) is 12.5. The topological polar surface area (TPSA) is 154 Å². The van der Waals surface area contributed by atoms with Gasteiger partial charge in [-0.3, -0.25) is 0 Å². The summed E-state index contributed by atoms with van der Waals surface area (Å²) >= 11 is 0. The molecule has 10 heteroatoms. The highest BCUT2D eigenvalue weighted by molar-refractivity contribution is 5.61. The van der Waals surface area contributed by atoms with E-state index in [1.165, 1.54) is 0 Å². The zero-order chi connectivity index (χ0) is 33.7. The molecule has 0 bridgehead atoms. The summed E-state index contributed by atoms with van der Waals surface area (Å²) in [5, 5.41) is 30.6. The molecule has 7 rings (SSSR count). The second-order valence-corrected chi connectivity index (χ2v) is 12.5. The van der Waals surface area contributed by atoms with Crippen molar-refractivity contribution in [2.75, 3.05) is 0 Å². The fraction of sp³-hybridized carbons (Fsp3) is 0.211. The minimum absolute atomic E-state index is 0.0379. The third kappa shape index (κ3) is 4.78. The number of para-hydroxylation sites is 2. The van der Waals surface area contributed by atoms with Gasteiger partial charge in [-0.2, -0.15) is 20.7 Å². The van der Waals surface area contributed by atoms with E-state index in [0.717, 1.165) is 45.0 Å². The zero-order valence-corrected chi connectivity index (χ0v) is 27.0. The monoisotopic (exact) mass is 634 g/mol. The van der Waals surface area contributed by atoms with Crippen LogP contribution in [0.1, 0.15) is 85.0 Å². The third-order valence-electron chi connectivity index (χ3n) is 8.85. The summed E-state index contributed by atoms with van der Waals surface area (Å²) in [5.74, 6) is 0.0959. The first kappa shape index (κ1) is 30.4. The fourth-order valence-corrected chi connectivity index (χ4v) is 6.62. The van der Waals surface area contributed by atoms with Crippen LogP contribution in [0.25, 0.3) is 11.4 Å². The van der Waals surface area contributed by atoms with Crippen LogP contribution in [0.3, 0.4) is 0 Å². The van der Waals surface area contributed by atoms with Crippen molar-refractivity contribution in [1.82, 2.24) is 19.6 Å². The van der Waals surface area contributed by atoms with Crippen molar-refractivity contribution in [3.8, 4) is 35.3 Å². The number of benzene rings is 3. The number of allylic oxidation sites excluding steroid dienone is 2. The number of fused-ring (bicyclic) bond motifs is 2. The molecule has 2 aliphatic rings. The van der Waals surface area contributed by atoms with Crippen LogP contribution in [-0.2, 0) is 0 Å². The van der Waals surface area contributed by atoms with Crippen molar-refractivity contribution in [2.45, 2.75) is 51.4 Å². The van der Waals surface area contributed by atoms with Gasteiger partial charge in [-0.25, -0.2) is 9.36 Å². The quantitative estimate of drug-likeness (QED) is 0.208. The van der Waals surface area contributed by atoms with Crippen LogP contribution in [0.4, 0.5) is 0 Å². The van der Waals surface area contributed by atoms with E-state index in [-0.39, 0.29) is 23.6 Å². The van der Waals surface area contributed by atoms with E-state index < -0.39 is 11.8 Å². The molecule has 3 aromatic carbocycles. The number of aromatic nitrogens is 4. The Labute approximate surface area is 278 Å². The van der Waals surface area contributed by atoms with E-state index >= 15 is 0 Å². The minimum Gasteiger partial charge on any atom is -0.422 e. The van der Waals surface area contributed by atoms with Crippen LogP contribution >= 0.6 is 0 Å². The molecule has 4 N–H and O–H groups in total. The molecule has 2 aliphatic heterocycles. The van der Waals surface area contributed by atoms with Gasteiger partial charge in [0.2, 0.25) is 23.5 Å². The molecule has 2 unspecified atom stereocenters. The Kier molecular flexibility index (Phi) is 7.49. The van der Waals surface area contributed by atoms with E-state index in [1.807, 2.05) is 84.9 Å². The molecule has 0 radical (unpaired) electrons. The van der Waals surface area contributed by atoms with E-state index in [0.29, 0.717) is 22.9 Å². The molecule has 4 heterocycles. The molecule has 0 spiro atoms. The largest absolute Gasteiger partial charge is 0.422 e. The molecule has 238 valence electrons. The highest BCUT2D eigenvalue weighted by atomic mass is 16.5. The lowest BCUT2D eigenvalue weighted by atomic mass is 9.79. The summed E-state index contributed by atoms with van der Waals surface area (Å²) in [6.45, 7) is 8.26. The van der Waals surface area contributed by atoms with Crippen LogP contribution in [0.2, 0.25) is 0 Å². The predicted molar refractivity (Wildman–Crippen MR) is 180 cm³/mol. The Balaban J connectivity index is 1.38. The lowest BCUT2D eigenvalue weighted by Gasteiger charge is -2.27. The maximum absolute atomic E-state index is 10.3. The molecule has 10 nitrogen and oxygen atoms in total. The normalized spacial score (nSPS) is 17.0. The highest BCUT2D eigenvalue weighted by Crippen LogP contribution is 2.49. The van der Waals surface area contributed by atoms with Gasteiger partial charge < -0.3 is 20.9 Å². The van der Waals surface area contributed by atoms with Crippen molar-refractivity contribution < 1.29 is 9.47 Å². The van der Waals surface area contributed by atoms with Gasteiger partial charge >= 0.3 is 0 Å². The van der Waals surface area contributed by atoms with Gasteiger partial charge in [0.25, 0.3) is 0 Å². The number of ether oxygens (including phenoxy) is 2. The van der Waals surface area contributed by atoms with Gasteiger partial charge in [0.15, 0.2) is 0 Å². The number of hydrogen-bond donors (Lipinski definition) is 2. The van der Waals surface area contributed by atoms with Crippen molar-refractivity contribution >= 4 is 0 Å². The van der Waals surface area contributed by atoms with Crippen LogP contribution in [-0.4, -0.2) is 19.6 Å². The third-order valence-corrected chi connectivity index (χ3v) is 8.85. The summed E-state index contributed by atoms with van der Waals surface area (Å²) in [7, 11) is 0. The van der Waals surface area contributed by atoms with Crippen LogP contribution < -0.4 is 20.9 Å². The average molecular weight is 635 g/mol. The van der Waals surface area contributed by atoms with Crippen molar-refractivity contribution in [1.29, 1.82) is 10.5 Å². The molecule has 2 atom stereocenters. The molecule has 0 amide bonds. The van der Waals surface area contributed by atoms with Gasteiger partial charge in [0.1, 0.15) is 23.3 Å². The number of nitrogens with zero attached hydrogens (tertiary/aromatic N) is 6. The standard InChI is InChI=1S/C38H34N8O2/c1-21(2)33-31-29(27(19-39)35(41)47-37(31)45(43-33)25-11-7-5-8-12-25)23-15-17-24(18-16-23)30-28(20-40)36(42)48-38-32(30)34(22(3)4)44-46(38)26-13-9-6-10-14-26/h5-18,21-22,29-30H,41-42H2,1-4H3. The van der Waals surface area contributed by atoms with E-state index in [2.05, 4.69) is 39.8 Å². The average Bonchev–Trinajstić information content (AvgIpc) is 3.67. The Hall–Kier alpha value is -6.26. The van der Waals surface area contributed by atoms with Gasteiger partial charge in [0, 0.05) is 0 Å². The molecule has 5 aromatic rings. The molecule has 0 fully saturated rings. The zero-order valence-electron chi connectivity index (χ0n) is 27.0. The van der Waals surface area contributed by atoms with Crippen LogP contribution in [0.15, 0.2) is 108 Å². The van der Waals surface area contributed by atoms with Gasteiger partial charge in [-0.05, 0) is 47.2 Å². The lowest BCUT2D eigenvalue weighted by Crippen LogP contribution is -2.23. The molecular weight excluding hydrogens is 600 g/mol. The summed E-state index contributed by atoms with van der Waals surface area (Å²) in [4.78, 5) is 0. The predicted octanol–water partition coefficient (Wildman–Crippen LogP) is 6.74. The summed E-state index contributed by atoms with van der Waals surface area (Å²) in [6, 6.07) is 31.9. The Morgan fingerprint density at radius 2 is 0.958 bits per heavy atom. The van der Waals surface area contributed by atoms with Gasteiger partial charge in [-0.1, -0.05) is 88.4 Å². The van der Waals surface area contributed by atoms with E-state index in [4.69, 9.17) is 31.1 Å². The van der Waals surface area contributed by atoms with Crippen LogP contribution in [0, 0.1) is 22.7 Å². The number of rotatable bonds is 6. The number of nitriles is 2. The fourth-order valence-electron chi connectivity index (χ4n) is 6.62. The van der Waals surface area contributed by atoms with Crippen molar-refractivity contribution in [3.05, 3.63) is 141 Å². The van der Waals surface area contributed by atoms with Crippen molar-refractivity contribution in [3.63, 3.8) is 0 Å².